The molecule has 0 fully saturated rings. The zero-order valence-electron chi connectivity index (χ0n) is 16.5. The van der Waals surface area contributed by atoms with Crippen LogP contribution in [0.3, 0.4) is 0 Å². The zero-order chi connectivity index (χ0) is 20.3. The Kier molecular flexibility index (Phi) is 6.05. The fraction of sp³-hybridized carbons (Fsp3) is 0.273. The van der Waals surface area contributed by atoms with Crippen molar-refractivity contribution in [3.8, 4) is 11.4 Å². The molecule has 0 bridgehead atoms. The third-order valence-corrected chi connectivity index (χ3v) is 5.29. The summed E-state index contributed by atoms with van der Waals surface area (Å²) in [6.45, 7) is 5.89. The highest BCUT2D eigenvalue weighted by atomic mass is 35.5. The number of anilines is 1. The number of aromatic nitrogens is 2. The molecule has 1 heterocycles. The van der Waals surface area contributed by atoms with Gasteiger partial charge in [0.15, 0.2) is 0 Å². The van der Waals surface area contributed by atoms with Crippen molar-refractivity contribution in [2.75, 3.05) is 12.4 Å². The van der Waals surface area contributed by atoms with Crippen LogP contribution < -0.4 is 10.1 Å². The number of carbonyl (C=O) groups is 1. The lowest BCUT2D eigenvalue weighted by atomic mass is 10.1. The monoisotopic (exact) mass is 397 g/mol. The molecule has 0 saturated carbocycles. The number of halogens is 1. The quantitative estimate of drug-likeness (QED) is 0.634. The molecule has 0 aliphatic rings. The molecule has 1 aromatic heterocycles. The van der Waals surface area contributed by atoms with Gasteiger partial charge in [-0.15, -0.1) is 0 Å². The number of ether oxygens (including phenoxy) is 1. The number of amides is 1. The molecule has 0 radical (unpaired) electrons. The van der Waals surface area contributed by atoms with E-state index in [2.05, 4.69) is 10.4 Å². The maximum atomic E-state index is 12.4. The van der Waals surface area contributed by atoms with Crippen molar-refractivity contribution in [3.63, 3.8) is 0 Å². The van der Waals surface area contributed by atoms with E-state index >= 15 is 0 Å². The Morgan fingerprint density at radius 2 is 1.93 bits per heavy atom. The van der Waals surface area contributed by atoms with Gasteiger partial charge < -0.3 is 10.1 Å². The van der Waals surface area contributed by atoms with Gasteiger partial charge in [0, 0.05) is 28.9 Å². The van der Waals surface area contributed by atoms with Crippen molar-refractivity contribution in [1.82, 2.24) is 9.78 Å². The van der Waals surface area contributed by atoms with Gasteiger partial charge in [-0.1, -0.05) is 23.7 Å². The number of rotatable bonds is 6. The summed E-state index contributed by atoms with van der Waals surface area (Å²) >= 11 is 6.12. The maximum absolute atomic E-state index is 12.4. The first-order valence-electron chi connectivity index (χ1n) is 9.15. The molecule has 2 aromatic carbocycles. The number of benzene rings is 2. The molecule has 0 aliphatic heterocycles. The van der Waals surface area contributed by atoms with E-state index in [0.29, 0.717) is 17.9 Å². The fourth-order valence-electron chi connectivity index (χ4n) is 3.22. The first-order valence-corrected chi connectivity index (χ1v) is 9.53. The summed E-state index contributed by atoms with van der Waals surface area (Å²) in [5.74, 6) is 0.737. The zero-order valence-corrected chi connectivity index (χ0v) is 17.3. The van der Waals surface area contributed by atoms with E-state index in [1.807, 2.05) is 67.9 Å². The minimum atomic E-state index is -0.0432. The molecule has 0 saturated heterocycles. The van der Waals surface area contributed by atoms with E-state index in [9.17, 15) is 4.79 Å². The van der Waals surface area contributed by atoms with E-state index in [1.165, 1.54) is 0 Å². The summed E-state index contributed by atoms with van der Waals surface area (Å²) in [5.41, 5.74) is 5.59. The topological polar surface area (TPSA) is 56.2 Å². The molecular formula is C22H24ClN3O2. The summed E-state index contributed by atoms with van der Waals surface area (Å²) in [6, 6.07) is 13.3. The summed E-state index contributed by atoms with van der Waals surface area (Å²) in [6.07, 6.45) is 0.991. The molecule has 6 heteroatoms. The molecule has 0 unspecified atom stereocenters. The second kappa shape index (κ2) is 8.48. The third-order valence-electron chi connectivity index (χ3n) is 4.88. The van der Waals surface area contributed by atoms with E-state index in [-0.39, 0.29) is 5.91 Å². The predicted octanol–water partition coefficient (Wildman–Crippen LogP) is 5.03. The average molecular weight is 398 g/mol. The van der Waals surface area contributed by atoms with E-state index in [1.54, 1.807) is 7.11 Å². The number of aryl methyl sites for hydroxylation is 1. The van der Waals surface area contributed by atoms with E-state index in [4.69, 9.17) is 16.3 Å². The molecule has 1 amide bonds. The van der Waals surface area contributed by atoms with Crippen molar-refractivity contribution < 1.29 is 9.53 Å². The highest BCUT2D eigenvalue weighted by molar-refractivity contribution is 6.31. The van der Waals surface area contributed by atoms with Crippen LogP contribution in [0.4, 0.5) is 5.69 Å². The molecule has 0 spiro atoms. The summed E-state index contributed by atoms with van der Waals surface area (Å²) < 4.78 is 7.20. The van der Waals surface area contributed by atoms with Crippen molar-refractivity contribution >= 4 is 23.2 Å². The molecule has 0 aliphatic carbocycles. The predicted molar refractivity (Wildman–Crippen MR) is 113 cm³/mol. The van der Waals surface area contributed by atoms with Gasteiger partial charge in [-0.05, 0) is 62.6 Å². The van der Waals surface area contributed by atoms with Crippen LogP contribution in [0.5, 0.6) is 5.75 Å². The van der Waals surface area contributed by atoms with E-state index in [0.717, 1.165) is 39.6 Å². The lowest BCUT2D eigenvalue weighted by Gasteiger charge is -2.10. The highest BCUT2D eigenvalue weighted by Crippen LogP contribution is 2.24. The Bertz CT molecular complexity index is 1010. The molecule has 1 N–H and O–H groups in total. The SMILES string of the molecule is COc1cccc(-n2nc(C)c(CCC(=O)Nc3cccc(Cl)c3C)c2C)c1. The Labute approximate surface area is 170 Å². The number of hydrogen-bond donors (Lipinski definition) is 1. The van der Waals surface area contributed by atoms with Crippen LogP contribution in [0.25, 0.3) is 5.69 Å². The first kappa shape index (κ1) is 20.0. The van der Waals surface area contributed by atoms with Crippen LogP contribution in [0.15, 0.2) is 42.5 Å². The maximum Gasteiger partial charge on any atom is 0.224 e. The Balaban J connectivity index is 1.73. The van der Waals surface area contributed by atoms with Crippen LogP contribution in [0, 0.1) is 20.8 Å². The standard InChI is InChI=1S/C22H24ClN3O2/c1-14-20(23)9-6-10-21(14)24-22(27)12-11-19-15(2)25-26(16(19)3)17-7-5-8-18(13-17)28-4/h5-10,13H,11-12H2,1-4H3,(H,24,27). The number of hydrogen-bond acceptors (Lipinski definition) is 3. The molecule has 28 heavy (non-hydrogen) atoms. The van der Waals surface area contributed by atoms with Crippen LogP contribution >= 0.6 is 11.6 Å². The van der Waals surface area contributed by atoms with Gasteiger partial charge in [-0.25, -0.2) is 4.68 Å². The minimum absolute atomic E-state index is 0.0432. The van der Waals surface area contributed by atoms with Gasteiger partial charge in [0.2, 0.25) is 5.91 Å². The summed E-state index contributed by atoms with van der Waals surface area (Å²) in [4.78, 5) is 12.4. The van der Waals surface area contributed by atoms with Gasteiger partial charge in [0.1, 0.15) is 5.75 Å². The Morgan fingerprint density at radius 3 is 2.68 bits per heavy atom. The number of nitrogens with zero attached hydrogens (tertiary/aromatic N) is 2. The van der Waals surface area contributed by atoms with Crippen LogP contribution in [-0.2, 0) is 11.2 Å². The number of methoxy groups -OCH3 is 1. The van der Waals surface area contributed by atoms with E-state index < -0.39 is 0 Å². The second-order valence-electron chi connectivity index (χ2n) is 6.72. The number of nitrogens with one attached hydrogen (secondary N) is 1. The molecule has 5 nitrogen and oxygen atoms in total. The van der Waals surface area contributed by atoms with Gasteiger partial charge in [-0.3, -0.25) is 4.79 Å². The summed E-state index contributed by atoms with van der Waals surface area (Å²) in [5, 5.41) is 8.24. The smallest absolute Gasteiger partial charge is 0.224 e. The van der Waals surface area contributed by atoms with Crippen molar-refractivity contribution in [2.24, 2.45) is 0 Å². The minimum Gasteiger partial charge on any atom is -0.497 e. The number of carbonyl (C=O) groups excluding carboxylic acids is 1. The molecular weight excluding hydrogens is 374 g/mol. The Hall–Kier alpha value is -2.79. The molecule has 3 rings (SSSR count). The largest absolute Gasteiger partial charge is 0.497 e. The normalized spacial score (nSPS) is 10.8. The third kappa shape index (κ3) is 4.20. The first-order chi connectivity index (χ1) is 13.4. The lowest BCUT2D eigenvalue weighted by molar-refractivity contribution is -0.116. The average Bonchev–Trinajstić information content (AvgIpc) is 2.97. The fourth-order valence-corrected chi connectivity index (χ4v) is 3.40. The van der Waals surface area contributed by atoms with Crippen LogP contribution in [0.1, 0.15) is 28.9 Å². The van der Waals surface area contributed by atoms with Gasteiger partial charge in [-0.2, -0.15) is 5.10 Å². The van der Waals surface area contributed by atoms with Crippen molar-refractivity contribution in [2.45, 2.75) is 33.6 Å². The van der Waals surface area contributed by atoms with Crippen LogP contribution in [-0.4, -0.2) is 22.8 Å². The lowest BCUT2D eigenvalue weighted by Crippen LogP contribution is -2.13. The second-order valence-corrected chi connectivity index (χ2v) is 7.13. The molecule has 146 valence electrons. The van der Waals surface area contributed by atoms with Crippen molar-refractivity contribution in [3.05, 3.63) is 70.0 Å². The molecule has 0 atom stereocenters. The van der Waals surface area contributed by atoms with Gasteiger partial charge in [0.05, 0.1) is 18.5 Å². The van der Waals surface area contributed by atoms with Gasteiger partial charge >= 0.3 is 0 Å². The van der Waals surface area contributed by atoms with Crippen molar-refractivity contribution in [1.29, 1.82) is 0 Å². The van der Waals surface area contributed by atoms with Crippen LogP contribution in [0.2, 0.25) is 5.02 Å². The molecule has 3 aromatic rings. The van der Waals surface area contributed by atoms with Gasteiger partial charge in [0.25, 0.3) is 0 Å². The highest BCUT2D eigenvalue weighted by Gasteiger charge is 2.15. The Morgan fingerprint density at radius 1 is 1.18 bits per heavy atom. The summed E-state index contributed by atoms with van der Waals surface area (Å²) in [7, 11) is 1.64.